The summed E-state index contributed by atoms with van der Waals surface area (Å²) in [7, 11) is 0. The molecule has 1 amide bonds. The molecule has 0 saturated carbocycles. The predicted molar refractivity (Wildman–Crippen MR) is 102 cm³/mol. The zero-order chi connectivity index (χ0) is 17.9. The Kier molecular flexibility index (Phi) is 6.27. The number of piperazine rings is 1. The molecule has 134 valence electrons. The minimum Gasteiger partial charge on any atom is -0.369 e. The normalized spacial score (nSPS) is 16.3. The summed E-state index contributed by atoms with van der Waals surface area (Å²) in [6.07, 6.45) is 0. The molecule has 0 aliphatic carbocycles. The molecule has 0 unspecified atom stereocenters. The maximum absolute atomic E-state index is 12.7. The monoisotopic (exact) mass is 331 g/mol. The van der Waals surface area contributed by atoms with Crippen LogP contribution in [0.4, 0.5) is 5.69 Å². The van der Waals surface area contributed by atoms with Gasteiger partial charge in [0, 0.05) is 55.6 Å². The smallest absolute Gasteiger partial charge is 0.254 e. The van der Waals surface area contributed by atoms with E-state index in [1.165, 1.54) is 5.69 Å². The van der Waals surface area contributed by atoms with E-state index in [-0.39, 0.29) is 18.0 Å². The van der Waals surface area contributed by atoms with Crippen LogP contribution in [0.5, 0.6) is 0 Å². The van der Waals surface area contributed by atoms with Crippen LogP contribution in [0.2, 0.25) is 0 Å². The van der Waals surface area contributed by atoms with Crippen LogP contribution in [0, 0.1) is 0 Å². The Morgan fingerprint density at radius 1 is 0.875 bits per heavy atom. The van der Waals surface area contributed by atoms with E-state index in [9.17, 15) is 4.79 Å². The molecule has 4 heteroatoms. The Hall–Kier alpha value is -1.55. The van der Waals surface area contributed by atoms with Gasteiger partial charge in [-0.3, -0.25) is 9.69 Å². The number of benzene rings is 1. The van der Waals surface area contributed by atoms with Gasteiger partial charge in [0.2, 0.25) is 0 Å². The van der Waals surface area contributed by atoms with Gasteiger partial charge in [-0.15, -0.1) is 0 Å². The van der Waals surface area contributed by atoms with Crippen molar-refractivity contribution in [2.75, 3.05) is 31.1 Å². The predicted octanol–water partition coefficient (Wildman–Crippen LogP) is 3.48. The van der Waals surface area contributed by atoms with Crippen molar-refractivity contribution < 1.29 is 4.79 Å². The Morgan fingerprint density at radius 2 is 1.38 bits per heavy atom. The van der Waals surface area contributed by atoms with Crippen molar-refractivity contribution in [2.45, 2.75) is 59.7 Å². The largest absolute Gasteiger partial charge is 0.369 e. The van der Waals surface area contributed by atoms with Gasteiger partial charge in [-0.2, -0.15) is 0 Å². The Labute approximate surface area is 147 Å². The average molecular weight is 332 g/mol. The molecule has 1 saturated heterocycles. The van der Waals surface area contributed by atoms with Crippen LogP contribution in [0.15, 0.2) is 24.3 Å². The molecule has 1 aromatic rings. The molecule has 4 nitrogen and oxygen atoms in total. The maximum atomic E-state index is 12.7. The van der Waals surface area contributed by atoms with Crippen molar-refractivity contribution in [1.82, 2.24) is 9.80 Å². The Bertz CT molecular complexity index is 520. The lowest BCUT2D eigenvalue weighted by Gasteiger charge is -2.38. The van der Waals surface area contributed by atoms with Gasteiger partial charge < -0.3 is 9.80 Å². The molecule has 0 spiro atoms. The number of carbonyl (C=O) groups excluding carboxylic acids is 1. The molecule has 0 radical (unpaired) electrons. The minimum absolute atomic E-state index is 0.121. The van der Waals surface area contributed by atoms with Crippen molar-refractivity contribution in [1.29, 1.82) is 0 Å². The number of carbonyl (C=O) groups is 1. The summed E-state index contributed by atoms with van der Waals surface area (Å²) in [6, 6.07) is 9.18. The lowest BCUT2D eigenvalue weighted by Crippen LogP contribution is -2.48. The fraction of sp³-hybridized carbons (Fsp3) is 0.650. The standard InChI is InChI=1S/C20H33N3O/c1-15(2)21-11-13-22(14-12-21)19-9-7-18(8-10-19)20(24)23(16(3)4)17(5)6/h7-10,15-17H,11-14H2,1-6H3. The quantitative estimate of drug-likeness (QED) is 0.826. The molecule has 1 aliphatic heterocycles. The molecule has 24 heavy (non-hydrogen) atoms. The third-order valence-electron chi connectivity index (χ3n) is 4.87. The number of hydrogen-bond acceptors (Lipinski definition) is 3. The number of rotatable bonds is 5. The molecule has 1 aliphatic rings. The molecule has 0 bridgehead atoms. The molecular formula is C20H33N3O. The van der Waals surface area contributed by atoms with Crippen LogP contribution in [0.3, 0.4) is 0 Å². The zero-order valence-corrected chi connectivity index (χ0v) is 16.1. The van der Waals surface area contributed by atoms with Crippen LogP contribution < -0.4 is 4.90 Å². The number of hydrogen-bond donors (Lipinski definition) is 0. The molecule has 0 atom stereocenters. The highest BCUT2D eigenvalue weighted by atomic mass is 16.2. The molecular weight excluding hydrogens is 298 g/mol. The first-order valence-corrected chi connectivity index (χ1v) is 9.23. The molecule has 1 heterocycles. The number of anilines is 1. The lowest BCUT2D eigenvalue weighted by atomic mass is 10.1. The second-order valence-electron chi connectivity index (χ2n) is 7.56. The van der Waals surface area contributed by atoms with E-state index in [1.807, 2.05) is 17.0 Å². The Balaban J connectivity index is 2.04. The van der Waals surface area contributed by atoms with Crippen LogP contribution in [0.25, 0.3) is 0 Å². The van der Waals surface area contributed by atoms with Crippen molar-refractivity contribution >= 4 is 11.6 Å². The number of amides is 1. The highest BCUT2D eigenvalue weighted by molar-refractivity contribution is 5.95. The highest BCUT2D eigenvalue weighted by Crippen LogP contribution is 2.20. The summed E-state index contributed by atoms with van der Waals surface area (Å²) < 4.78 is 0. The second-order valence-corrected chi connectivity index (χ2v) is 7.56. The SMILES string of the molecule is CC(C)N1CCN(c2ccc(C(=O)N(C(C)C)C(C)C)cc2)CC1. The van der Waals surface area contributed by atoms with E-state index in [1.54, 1.807) is 0 Å². The third kappa shape index (κ3) is 4.29. The topological polar surface area (TPSA) is 26.8 Å². The molecule has 0 N–H and O–H groups in total. The summed E-state index contributed by atoms with van der Waals surface area (Å²) >= 11 is 0. The van der Waals surface area contributed by atoms with Crippen LogP contribution in [-0.2, 0) is 0 Å². The van der Waals surface area contributed by atoms with Crippen molar-refractivity contribution in [3.05, 3.63) is 29.8 Å². The van der Waals surface area contributed by atoms with Gasteiger partial charge in [0.15, 0.2) is 0 Å². The van der Waals surface area contributed by atoms with E-state index in [0.29, 0.717) is 6.04 Å². The van der Waals surface area contributed by atoms with Gasteiger partial charge in [-0.1, -0.05) is 0 Å². The van der Waals surface area contributed by atoms with Crippen molar-refractivity contribution in [2.24, 2.45) is 0 Å². The van der Waals surface area contributed by atoms with E-state index in [2.05, 4.69) is 63.5 Å². The first-order valence-electron chi connectivity index (χ1n) is 9.23. The fourth-order valence-corrected chi connectivity index (χ4v) is 3.53. The zero-order valence-electron chi connectivity index (χ0n) is 16.1. The van der Waals surface area contributed by atoms with Gasteiger partial charge in [0.1, 0.15) is 0 Å². The summed E-state index contributed by atoms with van der Waals surface area (Å²) in [5, 5.41) is 0. The van der Waals surface area contributed by atoms with E-state index >= 15 is 0 Å². The fourth-order valence-electron chi connectivity index (χ4n) is 3.53. The first-order chi connectivity index (χ1) is 11.3. The van der Waals surface area contributed by atoms with Crippen molar-refractivity contribution in [3.63, 3.8) is 0 Å². The van der Waals surface area contributed by atoms with E-state index < -0.39 is 0 Å². The van der Waals surface area contributed by atoms with Crippen LogP contribution in [-0.4, -0.2) is 60.0 Å². The number of nitrogens with zero attached hydrogens (tertiary/aromatic N) is 3. The van der Waals surface area contributed by atoms with Gasteiger partial charge >= 0.3 is 0 Å². The van der Waals surface area contributed by atoms with Crippen molar-refractivity contribution in [3.8, 4) is 0 Å². The van der Waals surface area contributed by atoms with Crippen LogP contribution >= 0.6 is 0 Å². The molecule has 1 fully saturated rings. The summed E-state index contributed by atoms with van der Waals surface area (Å²) in [5.41, 5.74) is 2.00. The summed E-state index contributed by atoms with van der Waals surface area (Å²) in [4.78, 5) is 19.6. The minimum atomic E-state index is 0.121. The molecule has 2 rings (SSSR count). The second kappa shape index (κ2) is 8.02. The maximum Gasteiger partial charge on any atom is 0.254 e. The highest BCUT2D eigenvalue weighted by Gasteiger charge is 2.22. The van der Waals surface area contributed by atoms with Gasteiger partial charge in [0.05, 0.1) is 0 Å². The van der Waals surface area contributed by atoms with Gasteiger partial charge in [0.25, 0.3) is 5.91 Å². The molecule has 1 aromatic carbocycles. The lowest BCUT2D eigenvalue weighted by molar-refractivity contribution is 0.0644. The third-order valence-corrected chi connectivity index (χ3v) is 4.87. The average Bonchev–Trinajstić information content (AvgIpc) is 2.54. The van der Waals surface area contributed by atoms with E-state index in [4.69, 9.17) is 0 Å². The first kappa shape index (κ1) is 18.8. The van der Waals surface area contributed by atoms with Gasteiger partial charge in [-0.05, 0) is 65.8 Å². The molecule has 0 aromatic heterocycles. The summed E-state index contributed by atoms with van der Waals surface area (Å²) in [5.74, 6) is 0.121. The van der Waals surface area contributed by atoms with Crippen LogP contribution in [0.1, 0.15) is 51.9 Å². The summed E-state index contributed by atoms with van der Waals surface area (Å²) in [6.45, 7) is 17.1. The van der Waals surface area contributed by atoms with Gasteiger partial charge in [-0.25, -0.2) is 0 Å². The Morgan fingerprint density at radius 3 is 1.79 bits per heavy atom. The van der Waals surface area contributed by atoms with E-state index in [0.717, 1.165) is 31.7 Å².